The van der Waals surface area contributed by atoms with Gasteiger partial charge in [0.05, 0.1) is 5.69 Å². The minimum absolute atomic E-state index is 0.659. The number of hydrogen-bond donors (Lipinski definition) is 1. The molecule has 0 radical (unpaired) electrons. The van der Waals surface area contributed by atoms with Crippen molar-refractivity contribution < 1.29 is 0 Å². The minimum Gasteiger partial charge on any atom is -0.330 e. The molecule has 0 fully saturated rings. The zero-order valence-electron chi connectivity index (χ0n) is 6.46. The highest BCUT2D eigenvalue weighted by atomic mass is 14.7. The van der Waals surface area contributed by atoms with Crippen LogP contribution in [0.25, 0.3) is 0 Å². The number of rotatable bonds is 3. The molecule has 2 heteroatoms. The lowest BCUT2D eigenvalue weighted by atomic mass is 10.1. The van der Waals surface area contributed by atoms with Crippen LogP contribution in [0, 0.1) is 0 Å². The number of benzene rings is 1. The van der Waals surface area contributed by atoms with E-state index in [2.05, 4.69) is 11.7 Å². The second-order valence-electron chi connectivity index (χ2n) is 2.33. The van der Waals surface area contributed by atoms with Crippen LogP contribution in [0.3, 0.4) is 0 Å². The van der Waals surface area contributed by atoms with E-state index in [-0.39, 0.29) is 0 Å². The Morgan fingerprint density at radius 1 is 1.36 bits per heavy atom. The van der Waals surface area contributed by atoms with E-state index in [0.717, 1.165) is 12.1 Å². The third kappa shape index (κ3) is 1.88. The van der Waals surface area contributed by atoms with Gasteiger partial charge in [0.25, 0.3) is 0 Å². The molecule has 0 saturated heterocycles. The number of para-hydroxylation sites is 1. The van der Waals surface area contributed by atoms with Gasteiger partial charge in [0, 0.05) is 0 Å². The highest BCUT2D eigenvalue weighted by Crippen LogP contribution is 2.17. The molecule has 0 amide bonds. The fourth-order valence-electron chi connectivity index (χ4n) is 1.03. The summed E-state index contributed by atoms with van der Waals surface area (Å²) >= 11 is 0. The average Bonchev–Trinajstić information content (AvgIpc) is 2.06. The minimum atomic E-state index is 0.659. The Balaban J connectivity index is 2.92. The van der Waals surface area contributed by atoms with Gasteiger partial charge in [-0.3, -0.25) is 4.99 Å². The van der Waals surface area contributed by atoms with Crippen LogP contribution in [0.2, 0.25) is 0 Å². The van der Waals surface area contributed by atoms with Crippen molar-refractivity contribution in [3.8, 4) is 0 Å². The molecule has 1 aromatic carbocycles. The van der Waals surface area contributed by atoms with Gasteiger partial charge in [-0.2, -0.15) is 0 Å². The van der Waals surface area contributed by atoms with Crippen LogP contribution in [0.1, 0.15) is 5.56 Å². The highest BCUT2D eigenvalue weighted by Gasteiger charge is 1.95. The molecule has 0 unspecified atom stereocenters. The molecular formula is C9H12N2. The van der Waals surface area contributed by atoms with Crippen molar-refractivity contribution in [3.05, 3.63) is 29.8 Å². The molecule has 0 aromatic heterocycles. The topological polar surface area (TPSA) is 38.4 Å². The van der Waals surface area contributed by atoms with Crippen molar-refractivity contribution in [3.63, 3.8) is 0 Å². The van der Waals surface area contributed by atoms with Gasteiger partial charge in [0.2, 0.25) is 0 Å². The van der Waals surface area contributed by atoms with E-state index < -0.39 is 0 Å². The van der Waals surface area contributed by atoms with E-state index in [9.17, 15) is 0 Å². The third-order valence-corrected chi connectivity index (χ3v) is 1.58. The van der Waals surface area contributed by atoms with Crippen molar-refractivity contribution >= 4 is 12.4 Å². The van der Waals surface area contributed by atoms with Crippen LogP contribution < -0.4 is 5.73 Å². The van der Waals surface area contributed by atoms with E-state index in [4.69, 9.17) is 5.73 Å². The molecule has 0 aliphatic heterocycles. The number of hydrogen-bond acceptors (Lipinski definition) is 2. The first-order valence-corrected chi connectivity index (χ1v) is 3.63. The number of nitrogens with two attached hydrogens (primary N) is 1. The summed E-state index contributed by atoms with van der Waals surface area (Å²) in [7, 11) is 0. The normalized spacial score (nSPS) is 9.55. The highest BCUT2D eigenvalue weighted by molar-refractivity contribution is 5.51. The molecule has 0 bridgehead atoms. The molecule has 0 saturated carbocycles. The number of nitrogens with zero attached hydrogens (tertiary/aromatic N) is 1. The lowest BCUT2D eigenvalue weighted by Crippen LogP contribution is -2.02. The molecule has 1 aromatic rings. The maximum atomic E-state index is 5.42. The van der Waals surface area contributed by atoms with Crippen molar-refractivity contribution in [2.24, 2.45) is 10.7 Å². The Hall–Kier alpha value is -1.15. The Kier molecular flexibility index (Phi) is 2.81. The van der Waals surface area contributed by atoms with Crippen molar-refractivity contribution in [1.29, 1.82) is 0 Å². The van der Waals surface area contributed by atoms with Gasteiger partial charge in [-0.25, -0.2) is 0 Å². The molecule has 0 aliphatic rings. The molecule has 11 heavy (non-hydrogen) atoms. The molecule has 58 valence electrons. The summed E-state index contributed by atoms with van der Waals surface area (Å²) in [6.07, 6.45) is 0.870. The molecule has 0 atom stereocenters. The van der Waals surface area contributed by atoms with Crippen molar-refractivity contribution in [2.45, 2.75) is 6.42 Å². The Bertz CT molecular complexity index is 243. The van der Waals surface area contributed by atoms with E-state index >= 15 is 0 Å². The average molecular weight is 148 g/mol. The molecule has 0 aliphatic carbocycles. The standard InChI is InChI=1S/C9H12N2/c1-11-9-5-3-2-4-8(9)6-7-10/h2-5H,1,6-7,10H2. The Morgan fingerprint density at radius 2 is 2.09 bits per heavy atom. The van der Waals surface area contributed by atoms with Gasteiger partial charge < -0.3 is 5.73 Å². The second kappa shape index (κ2) is 3.88. The molecule has 0 heterocycles. The second-order valence-corrected chi connectivity index (χ2v) is 2.33. The van der Waals surface area contributed by atoms with Crippen LogP contribution in [-0.2, 0) is 6.42 Å². The van der Waals surface area contributed by atoms with Gasteiger partial charge in [0.15, 0.2) is 0 Å². The fraction of sp³-hybridized carbons (Fsp3) is 0.222. The summed E-state index contributed by atoms with van der Waals surface area (Å²) in [5.74, 6) is 0. The first kappa shape index (κ1) is 7.95. The summed E-state index contributed by atoms with van der Waals surface area (Å²) in [5.41, 5.74) is 7.54. The summed E-state index contributed by atoms with van der Waals surface area (Å²) in [6, 6.07) is 7.90. The summed E-state index contributed by atoms with van der Waals surface area (Å²) < 4.78 is 0. The maximum Gasteiger partial charge on any atom is 0.0654 e. The zero-order chi connectivity index (χ0) is 8.10. The van der Waals surface area contributed by atoms with E-state index in [1.165, 1.54) is 5.56 Å². The molecule has 2 nitrogen and oxygen atoms in total. The molecule has 0 spiro atoms. The van der Waals surface area contributed by atoms with Crippen LogP contribution in [0.15, 0.2) is 29.3 Å². The van der Waals surface area contributed by atoms with E-state index in [0.29, 0.717) is 6.54 Å². The zero-order valence-corrected chi connectivity index (χ0v) is 6.46. The predicted molar refractivity (Wildman–Crippen MR) is 48.4 cm³/mol. The summed E-state index contributed by atoms with van der Waals surface area (Å²) in [4.78, 5) is 3.88. The lowest BCUT2D eigenvalue weighted by molar-refractivity contribution is 0.968. The van der Waals surface area contributed by atoms with Gasteiger partial charge in [-0.15, -0.1) is 0 Å². The van der Waals surface area contributed by atoms with Crippen LogP contribution in [0.5, 0.6) is 0 Å². The predicted octanol–water partition coefficient (Wildman–Crippen LogP) is 1.52. The largest absolute Gasteiger partial charge is 0.330 e. The Morgan fingerprint density at radius 3 is 2.73 bits per heavy atom. The first-order chi connectivity index (χ1) is 5.38. The quantitative estimate of drug-likeness (QED) is 0.648. The van der Waals surface area contributed by atoms with Gasteiger partial charge in [-0.1, -0.05) is 18.2 Å². The van der Waals surface area contributed by atoms with Crippen LogP contribution in [0.4, 0.5) is 5.69 Å². The third-order valence-electron chi connectivity index (χ3n) is 1.58. The molecule has 2 N–H and O–H groups in total. The fourth-order valence-corrected chi connectivity index (χ4v) is 1.03. The molecular weight excluding hydrogens is 136 g/mol. The van der Waals surface area contributed by atoms with Gasteiger partial charge in [0.1, 0.15) is 0 Å². The van der Waals surface area contributed by atoms with Crippen molar-refractivity contribution in [2.75, 3.05) is 6.54 Å². The van der Waals surface area contributed by atoms with Crippen LogP contribution >= 0.6 is 0 Å². The maximum absolute atomic E-state index is 5.42. The first-order valence-electron chi connectivity index (χ1n) is 3.63. The lowest BCUT2D eigenvalue weighted by Gasteiger charge is -2.01. The van der Waals surface area contributed by atoms with E-state index in [1.54, 1.807) is 0 Å². The summed E-state index contributed by atoms with van der Waals surface area (Å²) in [5, 5.41) is 0. The van der Waals surface area contributed by atoms with Crippen molar-refractivity contribution in [1.82, 2.24) is 0 Å². The summed E-state index contributed by atoms with van der Waals surface area (Å²) in [6.45, 7) is 4.14. The molecule has 1 rings (SSSR count). The number of aliphatic imine (C=N–C) groups is 1. The SMILES string of the molecule is C=Nc1ccccc1CCN. The Labute approximate surface area is 66.8 Å². The van der Waals surface area contributed by atoms with E-state index in [1.807, 2.05) is 24.3 Å². The smallest absolute Gasteiger partial charge is 0.0654 e. The van der Waals surface area contributed by atoms with Gasteiger partial charge in [-0.05, 0) is 31.3 Å². The monoisotopic (exact) mass is 148 g/mol. The van der Waals surface area contributed by atoms with Gasteiger partial charge >= 0.3 is 0 Å². The van der Waals surface area contributed by atoms with Crippen LogP contribution in [-0.4, -0.2) is 13.3 Å².